The molecule has 2 aromatic heterocycles. The van der Waals surface area contributed by atoms with Gasteiger partial charge in [-0.1, -0.05) is 29.8 Å². The van der Waals surface area contributed by atoms with Gasteiger partial charge in [-0.2, -0.15) is 4.98 Å². The second kappa shape index (κ2) is 5.63. The number of hydrogen-bond donors (Lipinski definition) is 2. The Hall–Kier alpha value is -1.63. The number of H-pyrrole nitrogens is 1. The van der Waals surface area contributed by atoms with Crippen LogP contribution in [0.1, 0.15) is 0 Å². The fourth-order valence-corrected chi connectivity index (χ4v) is 3.49. The van der Waals surface area contributed by atoms with E-state index in [4.69, 9.17) is 11.6 Å². The number of aromatic hydroxyl groups is 1. The number of benzene rings is 1. The van der Waals surface area contributed by atoms with Crippen LogP contribution in [0.2, 0.25) is 5.02 Å². The summed E-state index contributed by atoms with van der Waals surface area (Å²) < 4.78 is 0.912. The molecule has 2 N–H and O–H groups in total. The van der Waals surface area contributed by atoms with Gasteiger partial charge in [0.25, 0.3) is 5.56 Å². The first-order chi connectivity index (χ1) is 10.1. The van der Waals surface area contributed by atoms with E-state index in [-0.39, 0.29) is 11.4 Å². The fourth-order valence-electron chi connectivity index (χ4n) is 1.93. The zero-order valence-corrected chi connectivity index (χ0v) is 13.6. The Kier molecular flexibility index (Phi) is 3.84. The summed E-state index contributed by atoms with van der Waals surface area (Å²) in [7, 11) is 0. The molecule has 0 aliphatic carbocycles. The first kappa shape index (κ1) is 14.3. The molecule has 0 aliphatic rings. The van der Waals surface area contributed by atoms with E-state index < -0.39 is 5.56 Å². The third kappa shape index (κ3) is 2.74. The van der Waals surface area contributed by atoms with Crippen molar-refractivity contribution < 1.29 is 5.11 Å². The van der Waals surface area contributed by atoms with Crippen LogP contribution in [0.15, 0.2) is 45.0 Å². The number of aromatic amines is 1. The van der Waals surface area contributed by atoms with Gasteiger partial charge in [0.1, 0.15) is 5.56 Å². The van der Waals surface area contributed by atoms with Crippen molar-refractivity contribution in [1.82, 2.24) is 9.97 Å². The second-order valence-electron chi connectivity index (χ2n) is 4.20. The number of nitrogens with one attached hydrogen (secondary N) is 1. The van der Waals surface area contributed by atoms with Gasteiger partial charge in [0.15, 0.2) is 5.82 Å². The standard InChI is InChI=1S/C14H8BrClN2O2S/c15-10-6-5-9(21-10)12-17-13(19)11(14(20)18-12)7-3-1-2-4-8(7)16/h1-6H,(H2,17,18,19,20). The van der Waals surface area contributed by atoms with Gasteiger partial charge in [0.2, 0.25) is 5.88 Å². The lowest BCUT2D eigenvalue weighted by Crippen LogP contribution is -2.12. The number of aromatic nitrogens is 2. The minimum atomic E-state index is -0.435. The van der Waals surface area contributed by atoms with Crippen molar-refractivity contribution in [1.29, 1.82) is 0 Å². The highest BCUT2D eigenvalue weighted by Crippen LogP contribution is 2.33. The minimum absolute atomic E-state index is 0.0694. The molecule has 0 aliphatic heterocycles. The van der Waals surface area contributed by atoms with Gasteiger partial charge >= 0.3 is 0 Å². The van der Waals surface area contributed by atoms with Gasteiger partial charge in [0.05, 0.1) is 8.66 Å². The molecule has 0 bridgehead atoms. The van der Waals surface area contributed by atoms with Crippen molar-refractivity contribution in [2.45, 2.75) is 0 Å². The van der Waals surface area contributed by atoms with E-state index in [1.807, 2.05) is 12.1 Å². The maximum Gasteiger partial charge on any atom is 0.263 e. The van der Waals surface area contributed by atoms with Crippen molar-refractivity contribution >= 4 is 38.9 Å². The Labute approximate surface area is 137 Å². The van der Waals surface area contributed by atoms with Crippen LogP contribution in [0.5, 0.6) is 5.88 Å². The van der Waals surface area contributed by atoms with Crippen LogP contribution in [0.3, 0.4) is 0 Å². The highest BCUT2D eigenvalue weighted by atomic mass is 79.9. The van der Waals surface area contributed by atoms with Crippen molar-refractivity contribution in [2.75, 3.05) is 0 Å². The molecule has 0 saturated heterocycles. The van der Waals surface area contributed by atoms with Crippen molar-refractivity contribution in [2.24, 2.45) is 0 Å². The molecule has 21 heavy (non-hydrogen) atoms. The topological polar surface area (TPSA) is 66.0 Å². The van der Waals surface area contributed by atoms with Gasteiger partial charge in [-0.05, 0) is 34.1 Å². The first-order valence-electron chi connectivity index (χ1n) is 5.90. The van der Waals surface area contributed by atoms with E-state index in [9.17, 15) is 9.90 Å². The lowest BCUT2D eigenvalue weighted by Gasteiger charge is -2.06. The monoisotopic (exact) mass is 382 g/mol. The summed E-state index contributed by atoms with van der Waals surface area (Å²) >= 11 is 10.8. The SMILES string of the molecule is O=c1[nH]c(-c2ccc(Br)s2)nc(O)c1-c1ccccc1Cl. The molecule has 3 aromatic rings. The summed E-state index contributed by atoms with van der Waals surface area (Å²) in [5.41, 5.74) is 0.0828. The Bertz CT molecular complexity index is 875. The normalized spacial score (nSPS) is 10.8. The molecule has 4 nitrogen and oxygen atoms in total. The van der Waals surface area contributed by atoms with E-state index in [2.05, 4.69) is 25.9 Å². The smallest absolute Gasteiger partial charge is 0.263 e. The summed E-state index contributed by atoms with van der Waals surface area (Å²) in [6.07, 6.45) is 0. The van der Waals surface area contributed by atoms with Crippen LogP contribution in [0.4, 0.5) is 0 Å². The zero-order chi connectivity index (χ0) is 15.0. The molecule has 0 saturated carbocycles. The number of nitrogens with zero attached hydrogens (tertiary/aromatic N) is 1. The molecule has 106 valence electrons. The van der Waals surface area contributed by atoms with Gasteiger partial charge in [-0.15, -0.1) is 11.3 Å². The number of halogens is 2. The van der Waals surface area contributed by atoms with Crippen LogP contribution < -0.4 is 5.56 Å². The molecular formula is C14H8BrClN2O2S. The van der Waals surface area contributed by atoms with E-state index in [1.54, 1.807) is 24.3 Å². The van der Waals surface area contributed by atoms with Gasteiger partial charge in [-0.25, -0.2) is 0 Å². The number of rotatable bonds is 2. The molecule has 0 unspecified atom stereocenters. The molecule has 1 aromatic carbocycles. The second-order valence-corrected chi connectivity index (χ2v) is 7.07. The summed E-state index contributed by atoms with van der Waals surface area (Å²) in [6.45, 7) is 0. The van der Waals surface area contributed by atoms with Crippen LogP contribution in [0.25, 0.3) is 21.8 Å². The van der Waals surface area contributed by atoms with Crippen LogP contribution in [-0.4, -0.2) is 15.1 Å². The third-order valence-electron chi connectivity index (χ3n) is 2.85. The Morgan fingerprint density at radius 1 is 1.24 bits per heavy atom. The Balaban J connectivity index is 2.18. The van der Waals surface area contributed by atoms with Crippen LogP contribution in [0, 0.1) is 0 Å². The van der Waals surface area contributed by atoms with Crippen molar-refractivity contribution in [3.63, 3.8) is 0 Å². The predicted octanol–water partition coefficient (Wildman–Crippen LogP) is 4.29. The average molecular weight is 384 g/mol. The van der Waals surface area contributed by atoms with Gasteiger partial charge in [0, 0.05) is 10.6 Å². The van der Waals surface area contributed by atoms with E-state index in [1.165, 1.54) is 11.3 Å². The van der Waals surface area contributed by atoms with Crippen molar-refractivity contribution in [3.8, 4) is 27.7 Å². The summed E-state index contributed by atoms with van der Waals surface area (Å²) in [5.74, 6) is -0.0182. The summed E-state index contributed by atoms with van der Waals surface area (Å²) in [4.78, 5) is 19.8. The Morgan fingerprint density at radius 3 is 2.62 bits per heavy atom. The molecule has 0 radical (unpaired) electrons. The van der Waals surface area contributed by atoms with Gasteiger partial charge < -0.3 is 10.1 Å². The number of hydrogen-bond acceptors (Lipinski definition) is 4. The van der Waals surface area contributed by atoms with Gasteiger partial charge in [-0.3, -0.25) is 4.79 Å². The summed E-state index contributed by atoms with van der Waals surface area (Å²) in [5, 5.41) is 10.5. The molecular weight excluding hydrogens is 376 g/mol. The quantitative estimate of drug-likeness (QED) is 0.694. The lowest BCUT2D eigenvalue weighted by atomic mass is 10.1. The van der Waals surface area contributed by atoms with Crippen LogP contribution in [-0.2, 0) is 0 Å². The molecule has 3 rings (SSSR count). The average Bonchev–Trinajstić information content (AvgIpc) is 2.87. The molecule has 7 heteroatoms. The third-order valence-corrected chi connectivity index (χ3v) is 4.81. The first-order valence-corrected chi connectivity index (χ1v) is 7.89. The molecule has 0 fully saturated rings. The van der Waals surface area contributed by atoms with E-state index >= 15 is 0 Å². The zero-order valence-electron chi connectivity index (χ0n) is 10.4. The maximum absolute atomic E-state index is 12.3. The van der Waals surface area contributed by atoms with Crippen molar-refractivity contribution in [3.05, 3.63) is 55.6 Å². The number of thiophene rings is 1. The van der Waals surface area contributed by atoms with E-state index in [0.717, 1.165) is 8.66 Å². The molecule has 2 heterocycles. The lowest BCUT2D eigenvalue weighted by molar-refractivity contribution is 0.454. The molecule has 0 amide bonds. The highest BCUT2D eigenvalue weighted by Gasteiger charge is 2.16. The minimum Gasteiger partial charge on any atom is -0.493 e. The van der Waals surface area contributed by atoms with E-state index in [0.29, 0.717) is 16.4 Å². The highest BCUT2D eigenvalue weighted by molar-refractivity contribution is 9.11. The Morgan fingerprint density at radius 2 is 2.00 bits per heavy atom. The summed E-state index contributed by atoms with van der Waals surface area (Å²) in [6, 6.07) is 10.5. The van der Waals surface area contributed by atoms with Crippen LogP contribution >= 0.6 is 38.9 Å². The maximum atomic E-state index is 12.3. The fraction of sp³-hybridized carbons (Fsp3) is 0. The largest absolute Gasteiger partial charge is 0.493 e. The molecule has 0 spiro atoms. The molecule has 0 atom stereocenters. The predicted molar refractivity (Wildman–Crippen MR) is 88.0 cm³/mol.